The van der Waals surface area contributed by atoms with Crippen molar-refractivity contribution in [2.45, 2.75) is 24.3 Å². The first-order chi connectivity index (χ1) is 13.6. The maximum Gasteiger partial charge on any atom is 0.319 e. The van der Waals surface area contributed by atoms with E-state index in [1.807, 2.05) is 54.6 Å². The molecule has 4 rings (SSSR count). The summed E-state index contributed by atoms with van der Waals surface area (Å²) in [5, 5.41) is 0.832. The maximum atomic E-state index is 13.4. The lowest BCUT2D eigenvalue weighted by Gasteiger charge is -2.15. The topological polar surface area (TPSA) is 77.0 Å². The van der Waals surface area contributed by atoms with Crippen LogP contribution in [0.25, 0.3) is 27.6 Å². The molecule has 1 unspecified atom stereocenters. The average molecular weight is 393 g/mol. The molecule has 0 amide bonds. The number of aromatic amines is 1. The van der Waals surface area contributed by atoms with E-state index in [4.69, 9.17) is 9.72 Å². The Kier molecular flexibility index (Phi) is 4.92. The number of aromatic nitrogens is 3. The zero-order valence-corrected chi connectivity index (χ0v) is 16.3. The number of thioether (sulfide) groups is 1. The molecule has 1 atom stereocenters. The number of carbonyl (C=O) groups is 1. The number of rotatable bonds is 5. The number of ether oxygens (including phenoxy) is 1. The lowest BCUT2D eigenvalue weighted by atomic mass is 10.2. The fourth-order valence-corrected chi connectivity index (χ4v) is 4.01. The molecule has 0 aliphatic heterocycles. The number of H-pyrrole nitrogens is 1. The van der Waals surface area contributed by atoms with E-state index >= 15 is 0 Å². The molecule has 2 aromatic heterocycles. The molecule has 0 aliphatic carbocycles. The van der Waals surface area contributed by atoms with Crippen molar-refractivity contribution in [3.05, 3.63) is 65.0 Å². The number of esters is 1. The first kappa shape index (κ1) is 18.3. The van der Waals surface area contributed by atoms with Gasteiger partial charge in [0.2, 0.25) is 0 Å². The highest BCUT2D eigenvalue weighted by Crippen LogP contribution is 2.28. The third-order valence-electron chi connectivity index (χ3n) is 4.41. The number of hydrogen-bond donors (Lipinski definition) is 1. The first-order valence-electron chi connectivity index (χ1n) is 9.02. The van der Waals surface area contributed by atoms with Crippen LogP contribution in [0, 0.1) is 0 Å². The van der Waals surface area contributed by atoms with Crippen LogP contribution >= 0.6 is 11.8 Å². The molecular formula is C21H19N3O3S. The maximum absolute atomic E-state index is 13.4. The lowest BCUT2D eigenvalue weighted by Crippen LogP contribution is -2.24. The summed E-state index contributed by atoms with van der Waals surface area (Å²) >= 11 is 1.22. The van der Waals surface area contributed by atoms with E-state index in [0.29, 0.717) is 28.5 Å². The van der Waals surface area contributed by atoms with Gasteiger partial charge >= 0.3 is 5.97 Å². The van der Waals surface area contributed by atoms with Gasteiger partial charge in [-0.15, -0.1) is 0 Å². The minimum atomic E-state index is -0.496. The van der Waals surface area contributed by atoms with Crippen molar-refractivity contribution in [3.8, 4) is 5.69 Å². The number of para-hydroxylation sites is 2. The Morgan fingerprint density at radius 1 is 1.18 bits per heavy atom. The summed E-state index contributed by atoms with van der Waals surface area (Å²) in [4.78, 5) is 33.5. The van der Waals surface area contributed by atoms with Crippen molar-refractivity contribution >= 4 is 39.7 Å². The van der Waals surface area contributed by atoms with Gasteiger partial charge in [0.05, 0.1) is 12.3 Å². The molecule has 142 valence electrons. The quantitative estimate of drug-likeness (QED) is 0.316. The van der Waals surface area contributed by atoms with Crippen molar-refractivity contribution in [2.75, 3.05) is 6.61 Å². The van der Waals surface area contributed by atoms with Crippen molar-refractivity contribution in [1.82, 2.24) is 14.5 Å². The monoisotopic (exact) mass is 393 g/mol. The van der Waals surface area contributed by atoms with E-state index < -0.39 is 5.25 Å². The van der Waals surface area contributed by atoms with Crippen LogP contribution in [0.4, 0.5) is 0 Å². The summed E-state index contributed by atoms with van der Waals surface area (Å²) in [6.45, 7) is 3.83. The number of carbonyl (C=O) groups excluding carboxylic acids is 1. The Labute approximate surface area is 165 Å². The van der Waals surface area contributed by atoms with Crippen LogP contribution in [0.2, 0.25) is 0 Å². The number of nitrogens with zero attached hydrogens (tertiary/aromatic N) is 2. The first-order valence-corrected chi connectivity index (χ1v) is 9.90. The smallest absolute Gasteiger partial charge is 0.319 e. The zero-order valence-electron chi connectivity index (χ0n) is 15.5. The fourth-order valence-electron chi connectivity index (χ4n) is 3.09. The second-order valence-electron chi connectivity index (χ2n) is 6.28. The summed E-state index contributed by atoms with van der Waals surface area (Å²) < 4.78 is 6.65. The molecule has 2 aromatic carbocycles. The predicted molar refractivity (Wildman–Crippen MR) is 111 cm³/mol. The van der Waals surface area contributed by atoms with Gasteiger partial charge in [-0.2, -0.15) is 0 Å². The Morgan fingerprint density at radius 3 is 2.64 bits per heavy atom. The van der Waals surface area contributed by atoms with Gasteiger partial charge < -0.3 is 9.72 Å². The molecule has 0 aliphatic rings. The highest BCUT2D eigenvalue weighted by atomic mass is 32.2. The van der Waals surface area contributed by atoms with Crippen LogP contribution < -0.4 is 5.56 Å². The summed E-state index contributed by atoms with van der Waals surface area (Å²) in [7, 11) is 0. The molecule has 1 N–H and O–H groups in total. The van der Waals surface area contributed by atoms with Crippen molar-refractivity contribution in [1.29, 1.82) is 0 Å². The Balaban J connectivity index is 1.96. The van der Waals surface area contributed by atoms with Crippen LogP contribution in [0.3, 0.4) is 0 Å². The molecule has 0 fully saturated rings. The van der Waals surface area contributed by atoms with E-state index in [-0.39, 0.29) is 11.5 Å². The third-order valence-corrected chi connectivity index (χ3v) is 5.44. The summed E-state index contributed by atoms with van der Waals surface area (Å²) in [5.74, 6) is -0.333. The van der Waals surface area contributed by atoms with Gasteiger partial charge in [0, 0.05) is 10.9 Å². The number of nitrogens with one attached hydrogen (secondary N) is 1. The lowest BCUT2D eigenvalue weighted by molar-refractivity contribution is -0.142. The molecule has 0 saturated heterocycles. The fraction of sp³-hybridized carbons (Fsp3) is 0.190. The number of benzene rings is 2. The van der Waals surface area contributed by atoms with Gasteiger partial charge in [-0.05, 0) is 32.0 Å². The SMILES string of the molecule is CCOC(=O)C(C)Sc1nc2c([nH]c3ccccc32)c(=O)n1-c1ccccc1. The molecule has 0 radical (unpaired) electrons. The van der Waals surface area contributed by atoms with E-state index in [2.05, 4.69) is 4.98 Å². The Bertz CT molecular complexity index is 1210. The second-order valence-corrected chi connectivity index (χ2v) is 7.58. The highest BCUT2D eigenvalue weighted by Gasteiger charge is 2.22. The van der Waals surface area contributed by atoms with Crippen LogP contribution in [0.1, 0.15) is 13.8 Å². The van der Waals surface area contributed by atoms with Crippen molar-refractivity contribution in [2.24, 2.45) is 0 Å². The van der Waals surface area contributed by atoms with Crippen LogP contribution in [-0.4, -0.2) is 32.4 Å². The average Bonchev–Trinajstić information content (AvgIpc) is 3.08. The van der Waals surface area contributed by atoms with Gasteiger partial charge in [0.25, 0.3) is 5.56 Å². The van der Waals surface area contributed by atoms with E-state index in [0.717, 1.165) is 10.9 Å². The Hall–Kier alpha value is -3.06. The molecule has 6 nitrogen and oxygen atoms in total. The molecule has 28 heavy (non-hydrogen) atoms. The van der Waals surface area contributed by atoms with E-state index in [9.17, 15) is 9.59 Å². The van der Waals surface area contributed by atoms with Gasteiger partial charge in [0.1, 0.15) is 16.3 Å². The molecular weight excluding hydrogens is 374 g/mol. The highest BCUT2D eigenvalue weighted by molar-refractivity contribution is 8.00. The number of hydrogen-bond acceptors (Lipinski definition) is 5. The third kappa shape index (κ3) is 3.18. The Morgan fingerprint density at radius 2 is 1.89 bits per heavy atom. The van der Waals surface area contributed by atoms with Crippen molar-refractivity contribution < 1.29 is 9.53 Å². The molecule has 0 saturated carbocycles. The zero-order chi connectivity index (χ0) is 19.7. The number of fused-ring (bicyclic) bond motifs is 3. The predicted octanol–water partition coefficient (Wildman–Crippen LogP) is 3.91. The standard InChI is InChI=1S/C21H19N3O3S/c1-3-27-20(26)13(2)28-21-23-17-15-11-7-8-12-16(15)22-18(17)19(25)24(21)14-9-5-4-6-10-14/h4-13,22H,3H2,1-2H3. The van der Waals surface area contributed by atoms with Gasteiger partial charge in [-0.3, -0.25) is 14.2 Å². The normalized spacial score (nSPS) is 12.4. The summed E-state index contributed by atoms with van der Waals surface area (Å²) in [6.07, 6.45) is 0. The second kappa shape index (κ2) is 7.52. The van der Waals surface area contributed by atoms with E-state index in [1.54, 1.807) is 13.8 Å². The molecule has 2 heterocycles. The summed E-state index contributed by atoms with van der Waals surface area (Å²) in [5.41, 5.74) is 2.39. The van der Waals surface area contributed by atoms with Crippen LogP contribution in [-0.2, 0) is 9.53 Å². The van der Waals surface area contributed by atoms with Crippen molar-refractivity contribution in [3.63, 3.8) is 0 Å². The van der Waals surface area contributed by atoms with Crippen LogP contribution in [0.15, 0.2) is 64.5 Å². The van der Waals surface area contributed by atoms with E-state index in [1.165, 1.54) is 16.3 Å². The van der Waals surface area contributed by atoms with Gasteiger partial charge in [0.15, 0.2) is 5.16 Å². The largest absolute Gasteiger partial charge is 0.465 e. The molecule has 0 bridgehead atoms. The summed E-state index contributed by atoms with van der Waals surface area (Å²) in [6, 6.07) is 17.0. The molecule has 4 aromatic rings. The van der Waals surface area contributed by atoms with Gasteiger partial charge in [-0.1, -0.05) is 48.2 Å². The van der Waals surface area contributed by atoms with Gasteiger partial charge in [-0.25, -0.2) is 4.98 Å². The van der Waals surface area contributed by atoms with Crippen LogP contribution in [0.5, 0.6) is 0 Å². The minimum absolute atomic E-state index is 0.203. The molecule has 0 spiro atoms. The minimum Gasteiger partial charge on any atom is -0.465 e. The molecule has 7 heteroatoms.